The van der Waals surface area contributed by atoms with Crippen LogP contribution in [0.1, 0.15) is 49.3 Å². The van der Waals surface area contributed by atoms with Crippen molar-refractivity contribution in [3.63, 3.8) is 0 Å². The normalized spacial score (nSPS) is 15.7. The van der Waals surface area contributed by atoms with E-state index >= 15 is 0 Å². The molecule has 0 spiro atoms. The number of carboxylic acid groups (broad SMARTS) is 3. The van der Waals surface area contributed by atoms with E-state index in [1.165, 1.54) is 24.3 Å². The van der Waals surface area contributed by atoms with Crippen molar-refractivity contribution in [2.75, 3.05) is 6.26 Å². The zero-order valence-electron chi connectivity index (χ0n) is 21.1. The van der Waals surface area contributed by atoms with Gasteiger partial charge in [0.15, 0.2) is 15.3 Å². The molecule has 214 valence electrons. The molecule has 10 nitrogen and oxygen atoms in total. The van der Waals surface area contributed by atoms with E-state index in [1.807, 2.05) is 13.0 Å². The van der Waals surface area contributed by atoms with Crippen LogP contribution < -0.4 is 0 Å². The van der Waals surface area contributed by atoms with Gasteiger partial charge in [-0.3, -0.25) is 14.4 Å². The maximum atomic E-state index is 13.7. The number of sulfone groups is 1. The predicted molar refractivity (Wildman–Crippen MR) is 141 cm³/mol. The molecule has 1 fully saturated rings. The number of rotatable bonds is 6. The van der Waals surface area contributed by atoms with Crippen molar-refractivity contribution in [2.24, 2.45) is 5.41 Å². The smallest absolute Gasteiger partial charge is 0.693 e. The summed E-state index contributed by atoms with van der Waals surface area (Å²) in [6.45, 7) is 1.81. The fourth-order valence-corrected chi connectivity index (χ4v) is 4.79. The van der Waals surface area contributed by atoms with E-state index in [2.05, 4.69) is 0 Å². The summed E-state index contributed by atoms with van der Waals surface area (Å²) in [6, 6.07) is 10.8. The molecule has 0 heterocycles. The second kappa shape index (κ2) is 13.7. The molecule has 13 heteroatoms. The first kappa shape index (κ1) is 35.8. The van der Waals surface area contributed by atoms with Gasteiger partial charge in [-0.25, -0.2) is 12.8 Å². The fourth-order valence-electron chi connectivity index (χ4n) is 4.16. The number of carboxylic acids is 3. The molecular formula is C26H29FN2O8PtS. The maximum absolute atomic E-state index is 13.7. The Hall–Kier alpha value is -3.18. The van der Waals surface area contributed by atoms with E-state index in [1.54, 1.807) is 18.2 Å². The van der Waals surface area contributed by atoms with Crippen LogP contribution in [0, 0.1) is 11.2 Å². The minimum Gasteiger partial charge on any atom is -0.693 e. The molecular weight excluding hydrogens is 714 g/mol. The van der Waals surface area contributed by atoms with E-state index in [9.17, 15) is 27.2 Å². The summed E-state index contributed by atoms with van der Waals surface area (Å²) in [7, 11) is -3.27. The zero-order chi connectivity index (χ0) is 26.8. The Morgan fingerprint density at radius 3 is 1.87 bits per heavy atom. The molecule has 0 amide bonds. The third-order valence-electron chi connectivity index (χ3n) is 6.43. The number of aliphatic carboxylic acids is 3. The van der Waals surface area contributed by atoms with E-state index in [-0.39, 0.29) is 57.5 Å². The van der Waals surface area contributed by atoms with Crippen LogP contribution in [-0.2, 0) is 45.3 Å². The van der Waals surface area contributed by atoms with Crippen molar-refractivity contribution in [1.82, 2.24) is 0 Å². The van der Waals surface area contributed by atoms with Crippen molar-refractivity contribution in [2.45, 2.75) is 37.5 Å². The largest absolute Gasteiger partial charge is 2.00 e. The third-order valence-corrected chi connectivity index (χ3v) is 7.56. The Bertz CT molecular complexity index is 1400. The van der Waals surface area contributed by atoms with Crippen molar-refractivity contribution >= 4 is 45.0 Å². The number of hydrogen-bond acceptors (Lipinski definition) is 5. The van der Waals surface area contributed by atoms with Gasteiger partial charge in [0.2, 0.25) is 0 Å². The molecule has 0 aromatic heterocycles. The van der Waals surface area contributed by atoms with Gasteiger partial charge in [0, 0.05) is 6.26 Å². The van der Waals surface area contributed by atoms with Crippen LogP contribution in [0.15, 0.2) is 52.9 Å². The van der Waals surface area contributed by atoms with Gasteiger partial charge in [-0.05, 0) is 89.9 Å². The summed E-state index contributed by atoms with van der Waals surface area (Å²) in [5, 5.41) is 26.1. The number of halogens is 1. The van der Waals surface area contributed by atoms with Gasteiger partial charge in [0.1, 0.15) is 5.82 Å². The molecule has 39 heavy (non-hydrogen) atoms. The standard InChI is InChI=1S/C20H17FO4S.C6H8O4.2H2N.Pt/c1-12-17(9-13-3-6-15(7-4-13)26(2,24)25)16-8-5-14(21)10-19(16)18(12)11-20(22)23;7-4(8)6(5(9)10)2-1-3-6;;;/h3-10H,11H2,1-2H3,(H,22,23);1-3H2,(H,7,8)(H,9,10);2*1H2;/q;;2*-1;+2/b17-9-;;;;. The van der Waals surface area contributed by atoms with Crippen LogP contribution in [0.25, 0.3) is 29.5 Å². The van der Waals surface area contributed by atoms with Gasteiger partial charge in [-0.15, -0.1) is 0 Å². The number of benzene rings is 2. The molecule has 0 atom stereocenters. The van der Waals surface area contributed by atoms with Crippen LogP contribution >= 0.6 is 0 Å². The van der Waals surface area contributed by atoms with Crippen LogP contribution in [0.2, 0.25) is 0 Å². The molecule has 1 saturated carbocycles. The summed E-state index contributed by atoms with van der Waals surface area (Å²) < 4.78 is 36.8. The summed E-state index contributed by atoms with van der Waals surface area (Å²) >= 11 is 0. The average molecular weight is 744 g/mol. The van der Waals surface area contributed by atoms with E-state index in [0.717, 1.165) is 28.5 Å². The predicted octanol–water partition coefficient (Wildman–Crippen LogP) is 5.79. The first-order valence-corrected chi connectivity index (χ1v) is 12.9. The molecule has 2 aromatic carbocycles. The van der Waals surface area contributed by atoms with E-state index in [4.69, 9.17) is 15.3 Å². The van der Waals surface area contributed by atoms with Crippen LogP contribution in [0.5, 0.6) is 0 Å². The van der Waals surface area contributed by atoms with Crippen LogP contribution in [0.3, 0.4) is 0 Å². The molecule has 2 aromatic rings. The van der Waals surface area contributed by atoms with Crippen LogP contribution in [-0.4, -0.2) is 47.9 Å². The summed E-state index contributed by atoms with van der Waals surface area (Å²) in [4.78, 5) is 32.1. The monoisotopic (exact) mass is 743 g/mol. The number of allylic oxidation sites excluding steroid dienone is 2. The van der Waals surface area contributed by atoms with E-state index < -0.39 is 39.0 Å². The number of fused-ring (bicyclic) bond motifs is 1. The molecule has 0 bridgehead atoms. The topological polar surface area (TPSA) is 213 Å². The summed E-state index contributed by atoms with van der Waals surface area (Å²) in [5.41, 5.74) is 2.87. The Morgan fingerprint density at radius 1 is 0.949 bits per heavy atom. The Labute approximate surface area is 240 Å². The second-order valence-corrected chi connectivity index (χ2v) is 10.8. The maximum Gasteiger partial charge on any atom is 2.00 e. The second-order valence-electron chi connectivity index (χ2n) is 8.81. The van der Waals surface area contributed by atoms with Gasteiger partial charge < -0.3 is 27.6 Å². The quantitative estimate of drug-likeness (QED) is 0.307. The number of carbonyl (C=O) groups is 3. The molecule has 0 aliphatic heterocycles. The molecule has 4 rings (SSSR count). The molecule has 7 N–H and O–H groups in total. The minimum absolute atomic E-state index is 0. The van der Waals surface area contributed by atoms with Crippen molar-refractivity contribution in [3.8, 4) is 0 Å². The number of nitrogens with two attached hydrogens (primary N) is 2. The molecule has 0 radical (unpaired) electrons. The number of hydrogen-bond donors (Lipinski definition) is 3. The zero-order valence-corrected chi connectivity index (χ0v) is 24.2. The Morgan fingerprint density at radius 2 is 1.49 bits per heavy atom. The molecule has 0 saturated heterocycles. The van der Waals surface area contributed by atoms with Crippen LogP contribution in [0.4, 0.5) is 4.39 Å². The van der Waals surface area contributed by atoms with Gasteiger partial charge in [-0.1, -0.05) is 18.2 Å². The van der Waals surface area contributed by atoms with Gasteiger partial charge >= 0.3 is 39.0 Å². The fraction of sp³-hybridized carbons (Fsp3) is 0.269. The van der Waals surface area contributed by atoms with Crippen molar-refractivity contribution in [3.05, 3.63) is 82.8 Å². The first-order chi connectivity index (χ1) is 16.8. The minimum atomic E-state index is -3.27. The average Bonchev–Trinajstić information content (AvgIpc) is 2.97. The molecule has 2 aliphatic rings. The van der Waals surface area contributed by atoms with Crippen molar-refractivity contribution in [1.29, 1.82) is 0 Å². The summed E-state index contributed by atoms with van der Waals surface area (Å²) in [6.07, 6.45) is 4.07. The van der Waals surface area contributed by atoms with Gasteiger partial charge in [0.25, 0.3) is 0 Å². The van der Waals surface area contributed by atoms with E-state index in [0.29, 0.717) is 17.6 Å². The van der Waals surface area contributed by atoms with Gasteiger partial charge in [-0.2, -0.15) is 0 Å². The SMILES string of the molecule is CC1=C(CC(=O)O)c2cc(F)ccc2/C1=C\c1ccc(S(C)(=O)=O)cc1.O=C(O)C1(C(=O)O)CCC1.[NH2-].[NH2-].[Pt+2]. The van der Waals surface area contributed by atoms with Gasteiger partial charge in [0.05, 0.1) is 11.3 Å². The first-order valence-electron chi connectivity index (χ1n) is 11.0. The van der Waals surface area contributed by atoms with Crippen molar-refractivity contribution < 1.29 is 63.6 Å². The Balaban J connectivity index is 0.000000949. The Kier molecular flexibility index (Phi) is 12.6. The summed E-state index contributed by atoms with van der Waals surface area (Å²) in [5.74, 6) is -3.80. The molecule has 2 aliphatic carbocycles. The molecule has 0 unspecified atom stereocenters. The third kappa shape index (κ3) is 7.69.